The molecule has 1 aromatic carbocycles. The van der Waals surface area contributed by atoms with Gasteiger partial charge in [0.2, 0.25) is 5.91 Å². The highest BCUT2D eigenvalue weighted by molar-refractivity contribution is 5.97. The molecule has 1 fully saturated rings. The van der Waals surface area contributed by atoms with Gasteiger partial charge in [-0.05, 0) is 31.4 Å². The molecule has 0 heterocycles. The quantitative estimate of drug-likeness (QED) is 0.915. The van der Waals surface area contributed by atoms with Crippen LogP contribution in [0.4, 0.5) is 4.39 Å². The van der Waals surface area contributed by atoms with E-state index >= 15 is 0 Å². The van der Waals surface area contributed by atoms with Crippen LogP contribution in [-0.2, 0) is 4.79 Å². The number of hydrogen-bond acceptors (Lipinski definition) is 2. The van der Waals surface area contributed by atoms with Gasteiger partial charge in [0, 0.05) is 6.04 Å². The molecule has 0 aliphatic heterocycles. The van der Waals surface area contributed by atoms with Gasteiger partial charge in [-0.15, -0.1) is 0 Å². The third-order valence-corrected chi connectivity index (χ3v) is 3.77. The monoisotopic (exact) mass is 278 g/mol. The summed E-state index contributed by atoms with van der Waals surface area (Å²) in [6.45, 7) is 1.46. The highest BCUT2D eigenvalue weighted by atomic mass is 19.1. The Kier molecular flexibility index (Phi) is 4.37. The number of carbonyl (C=O) groups excluding carboxylic acids is 2. The highest BCUT2D eigenvalue weighted by Gasteiger charge is 2.30. The molecule has 4 nitrogen and oxygen atoms in total. The number of carbonyl (C=O) groups is 2. The summed E-state index contributed by atoms with van der Waals surface area (Å²) in [5.41, 5.74) is 5.65. The second kappa shape index (κ2) is 6.03. The van der Waals surface area contributed by atoms with Crippen LogP contribution in [-0.4, -0.2) is 29.3 Å². The summed E-state index contributed by atoms with van der Waals surface area (Å²) in [7, 11) is 0. The molecule has 5 heteroatoms. The molecule has 0 aromatic heterocycles. The summed E-state index contributed by atoms with van der Waals surface area (Å²) in [6.07, 6.45) is 3.71. The van der Waals surface area contributed by atoms with Crippen LogP contribution in [0.1, 0.15) is 41.6 Å². The van der Waals surface area contributed by atoms with Crippen molar-refractivity contribution in [1.82, 2.24) is 4.90 Å². The standard InChI is InChI=1S/C15H19FN2O2/c1-10-5-4-8-12(14(10)16)15(20)18(9-13(17)19)11-6-2-3-7-11/h4-5,8,11H,2-3,6-7,9H2,1H3,(H2,17,19). The van der Waals surface area contributed by atoms with Crippen molar-refractivity contribution in [1.29, 1.82) is 0 Å². The Balaban J connectivity index is 2.29. The van der Waals surface area contributed by atoms with E-state index in [-0.39, 0.29) is 18.2 Å². The zero-order valence-corrected chi connectivity index (χ0v) is 11.6. The number of nitrogens with two attached hydrogens (primary N) is 1. The van der Waals surface area contributed by atoms with E-state index in [1.54, 1.807) is 19.1 Å². The zero-order chi connectivity index (χ0) is 14.7. The van der Waals surface area contributed by atoms with Gasteiger partial charge in [0.05, 0.1) is 12.1 Å². The lowest BCUT2D eigenvalue weighted by atomic mass is 10.1. The molecule has 108 valence electrons. The third-order valence-electron chi connectivity index (χ3n) is 3.77. The maximum atomic E-state index is 14.1. The van der Waals surface area contributed by atoms with E-state index in [0.717, 1.165) is 25.7 Å². The Bertz CT molecular complexity index is 525. The fourth-order valence-electron chi connectivity index (χ4n) is 2.72. The van der Waals surface area contributed by atoms with Gasteiger partial charge in [-0.3, -0.25) is 9.59 Å². The minimum Gasteiger partial charge on any atom is -0.368 e. The summed E-state index contributed by atoms with van der Waals surface area (Å²) in [5, 5.41) is 0. The minimum atomic E-state index is -0.571. The molecule has 1 aliphatic rings. The summed E-state index contributed by atoms with van der Waals surface area (Å²) < 4.78 is 14.1. The third kappa shape index (κ3) is 2.98. The molecule has 0 radical (unpaired) electrons. The van der Waals surface area contributed by atoms with E-state index in [9.17, 15) is 14.0 Å². The Morgan fingerprint density at radius 1 is 1.35 bits per heavy atom. The molecular formula is C15H19FN2O2. The molecular weight excluding hydrogens is 259 g/mol. The first-order chi connectivity index (χ1) is 9.50. The van der Waals surface area contributed by atoms with Crippen LogP contribution in [0.15, 0.2) is 18.2 Å². The second-order valence-corrected chi connectivity index (χ2v) is 5.27. The molecule has 20 heavy (non-hydrogen) atoms. The minimum absolute atomic E-state index is 0.0122. The number of amides is 2. The van der Waals surface area contributed by atoms with Crippen LogP contribution < -0.4 is 5.73 Å². The Morgan fingerprint density at radius 3 is 2.60 bits per heavy atom. The molecule has 0 saturated heterocycles. The average molecular weight is 278 g/mol. The maximum absolute atomic E-state index is 14.1. The fraction of sp³-hybridized carbons (Fsp3) is 0.467. The highest BCUT2D eigenvalue weighted by Crippen LogP contribution is 2.25. The van der Waals surface area contributed by atoms with Crippen molar-refractivity contribution in [3.05, 3.63) is 35.1 Å². The van der Waals surface area contributed by atoms with Crippen molar-refractivity contribution in [2.24, 2.45) is 5.73 Å². The Hall–Kier alpha value is -1.91. The second-order valence-electron chi connectivity index (χ2n) is 5.27. The molecule has 0 unspecified atom stereocenters. The predicted octanol–water partition coefficient (Wildman–Crippen LogP) is 2.00. The lowest BCUT2D eigenvalue weighted by Crippen LogP contribution is -2.44. The van der Waals surface area contributed by atoms with Crippen LogP contribution >= 0.6 is 0 Å². The average Bonchev–Trinajstić information content (AvgIpc) is 2.92. The molecule has 1 aliphatic carbocycles. The zero-order valence-electron chi connectivity index (χ0n) is 11.6. The van der Waals surface area contributed by atoms with E-state index in [2.05, 4.69) is 0 Å². The normalized spacial score (nSPS) is 15.3. The first kappa shape index (κ1) is 14.5. The molecule has 0 spiro atoms. The lowest BCUT2D eigenvalue weighted by Gasteiger charge is -2.28. The van der Waals surface area contributed by atoms with Crippen molar-refractivity contribution in [3.63, 3.8) is 0 Å². The van der Waals surface area contributed by atoms with Gasteiger partial charge in [0.1, 0.15) is 5.82 Å². The number of hydrogen-bond donors (Lipinski definition) is 1. The Labute approximate surface area is 117 Å². The number of primary amides is 1. The van der Waals surface area contributed by atoms with Gasteiger partial charge < -0.3 is 10.6 Å². The summed E-state index contributed by atoms with van der Waals surface area (Å²) in [4.78, 5) is 25.1. The van der Waals surface area contributed by atoms with E-state index in [1.807, 2.05) is 0 Å². The van der Waals surface area contributed by atoms with Gasteiger partial charge in [0.15, 0.2) is 0 Å². The maximum Gasteiger partial charge on any atom is 0.257 e. The summed E-state index contributed by atoms with van der Waals surface area (Å²) in [6, 6.07) is 4.69. The molecule has 1 saturated carbocycles. The van der Waals surface area contributed by atoms with Crippen LogP contribution in [0.3, 0.4) is 0 Å². The van der Waals surface area contributed by atoms with Crippen molar-refractivity contribution in [3.8, 4) is 0 Å². The molecule has 2 N–H and O–H groups in total. The van der Waals surface area contributed by atoms with Gasteiger partial charge in [-0.2, -0.15) is 0 Å². The van der Waals surface area contributed by atoms with Gasteiger partial charge in [-0.25, -0.2) is 4.39 Å². The van der Waals surface area contributed by atoms with Crippen LogP contribution in [0, 0.1) is 12.7 Å². The largest absolute Gasteiger partial charge is 0.368 e. The van der Waals surface area contributed by atoms with E-state index in [0.29, 0.717) is 5.56 Å². The van der Waals surface area contributed by atoms with E-state index in [1.165, 1.54) is 11.0 Å². The number of rotatable bonds is 4. The summed E-state index contributed by atoms with van der Waals surface area (Å²) >= 11 is 0. The summed E-state index contributed by atoms with van der Waals surface area (Å²) in [5.74, 6) is -1.54. The van der Waals surface area contributed by atoms with E-state index in [4.69, 9.17) is 5.73 Å². The van der Waals surface area contributed by atoms with Crippen molar-refractivity contribution in [2.75, 3.05) is 6.54 Å². The predicted molar refractivity (Wildman–Crippen MR) is 73.6 cm³/mol. The van der Waals surface area contributed by atoms with E-state index < -0.39 is 17.6 Å². The molecule has 2 amide bonds. The molecule has 0 bridgehead atoms. The number of aryl methyl sites for hydroxylation is 1. The first-order valence-electron chi connectivity index (χ1n) is 6.85. The van der Waals surface area contributed by atoms with Crippen LogP contribution in [0.2, 0.25) is 0 Å². The lowest BCUT2D eigenvalue weighted by molar-refractivity contribution is -0.119. The molecule has 2 rings (SSSR count). The molecule has 1 aromatic rings. The first-order valence-corrected chi connectivity index (χ1v) is 6.85. The van der Waals surface area contributed by atoms with Crippen LogP contribution in [0.5, 0.6) is 0 Å². The smallest absolute Gasteiger partial charge is 0.257 e. The number of halogens is 1. The van der Waals surface area contributed by atoms with Crippen molar-refractivity contribution in [2.45, 2.75) is 38.6 Å². The SMILES string of the molecule is Cc1cccc(C(=O)N(CC(N)=O)C2CCCC2)c1F. The molecule has 0 atom stereocenters. The van der Waals surface area contributed by atoms with Crippen molar-refractivity contribution < 1.29 is 14.0 Å². The Morgan fingerprint density at radius 2 is 2.00 bits per heavy atom. The van der Waals surface area contributed by atoms with Crippen LogP contribution in [0.25, 0.3) is 0 Å². The fourth-order valence-corrected chi connectivity index (χ4v) is 2.72. The van der Waals surface area contributed by atoms with Gasteiger partial charge in [-0.1, -0.05) is 25.0 Å². The number of nitrogens with zero attached hydrogens (tertiary/aromatic N) is 1. The number of benzene rings is 1. The topological polar surface area (TPSA) is 63.4 Å². The van der Waals surface area contributed by atoms with Crippen molar-refractivity contribution >= 4 is 11.8 Å². The van der Waals surface area contributed by atoms with Gasteiger partial charge >= 0.3 is 0 Å². The van der Waals surface area contributed by atoms with Gasteiger partial charge in [0.25, 0.3) is 5.91 Å².